The molecule has 152 valence electrons. The first-order valence-electron chi connectivity index (χ1n) is 10.3. The number of hydrogen-bond donors (Lipinski definition) is 0. The topological polar surface area (TPSA) is 3.24 Å². The van der Waals surface area contributed by atoms with Gasteiger partial charge in [-0.15, -0.1) is 5.73 Å². The third-order valence-electron chi connectivity index (χ3n) is 5.19. The second-order valence-electron chi connectivity index (χ2n) is 8.73. The highest BCUT2D eigenvalue weighted by atomic mass is 15.2. The van der Waals surface area contributed by atoms with Crippen LogP contribution in [0.1, 0.15) is 66.9 Å². The Morgan fingerprint density at radius 2 is 1.75 bits per heavy atom. The predicted molar refractivity (Wildman–Crippen MR) is 125 cm³/mol. The van der Waals surface area contributed by atoms with E-state index in [2.05, 4.69) is 115 Å². The highest BCUT2D eigenvalue weighted by Gasteiger charge is 2.31. The molecule has 1 heteroatoms. The molecule has 1 unspecified atom stereocenters. The summed E-state index contributed by atoms with van der Waals surface area (Å²) in [4.78, 5) is 2.46. The van der Waals surface area contributed by atoms with Crippen LogP contribution in [0.2, 0.25) is 0 Å². The van der Waals surface area contributed by atoms with Crippen molar-refractivity contribution in [3.05, 3.63) is 89.4 Å². The van der Waals surface area contributed by atoms with E-state index < -0.39 is 0 Å². The van der Waals surface area contributed by atoms with Gasteiger partial charge in [-0.2, -0.15) is 0 Å². The second-order valence-corrected chi connectivity index (χ2v) is 8.73. The maximum Gasteiger partial charge on any atom is 0.0877 e. The largest absolute Gasteiger partial charge is 0.355 e. The van der Waals surface area contributed by atoms with Crippen molar-refractivity contribution in [3.8, 4) is 0 Å². The van der Waals surface area contributed by atoms with Crippen LogP contribution < -0.4 is 0 Å². The molecule has 28 heavy (non-hydrogen) atoms. The van der Waals surface area contributed by atoms with Gasteiger partial charge in [-0.05, 0) is 58.1 Å². The van der Waals surface area contributed by atoms with Crippen LogP contribution in [0.25, 0.3) is 0 Å². The molecule has 0 heterocycles. The Balaban J connectivity index is 3.49. The first-order valence-corrected chi connectivity index (χ1v) is 10.3. The Hall–Kier alpha value is -2.24. The maximum atomic E-state index is 4.24. The van der Waals surface area contributed by atoms with E-state index in [1.54, 1.807) is 0 Å². The van der Waals surface area contributed by atoms with Crippen molar-refractivity contribution in [2.75, 3.05) is 0 Å². The van der Waals surface area contributed by atoms with Gasteiger partial charge in [-0.25, -0.2) is 0 Å². The number of hydrogen-bond acceptors (Lipinski definition) is 1. The average Bonchev–Trinajstić information content (AvgIpc) is 2.63. The van der Waals surface area contributed by atoms with Crippen LogP contribution in [0.5, 0.6) is 0 Å². The molecular formula is C27H39N. The summed E-state index contributed by atoms with van der Waals surface area (Å²) < 4.78 is 0. The first kappa shape index (κ1) is 23.8. The monoisotopic (exact) mass is 377 g/mol. The number of benzene rings is 1. The third kappa shape index (κ3) is 7.06. The Morgan fingerprint density at radius 1 is 1.14 bits per heavy atom. The fourth-order valence-corrected chi connectivity index (χ4v) is 3.48. The second kappa shape index (κ2) is 10.9. The van der Waals surface area contributed by atoms with Crippen LogP contribution in [-0.4, -0.2) is 10.4 Å². The Labute approximate surface area is 173 Å². The molecule has 0 aliphatic rings. The molecular weight excluding hydrogens is 338 g/mol. The van der Waals surface area contributed by atoms with Gasteiger partial charge in [-0.3, -0.25) is 0 Å². The summed E-state index contributed by atoms with van der Waals surface area (Å²) in [5.74, 6) is 0.648. The van der Waals surface area contributed by atoms with Crippen LogP contribution in [-0.2, 0) is 6.54 Å². The predicted octanol–water partition coefficient (Wildman–Crippen LogP) is 7.84. The lowest BCUT2D eigenvalue weighted by Gasteiger charge is -2.43. The number of nitrogens with zero attached hydrogens (tertiary/aromatic N) is 1. The molecule has 0 amide bonds. The summed E-state index contributed by atoms with van der Waals surface area (Å²) in [7, 11) is 0. The molecule has 0 N–H and O–H groups in total. The standard InChI is InChI=1S/C27H39N/c1-10-23(7)19-27(8,9)28(20-24-15-13-12-14-16-24)26(11-2)25(22(5)6)18-17-21(3)4/h12-18,23H,2,5,10,19-20H2,1,3-4,6-9H3/b25-18+. The molecule has 0 radical (unpaired) electrons. The Bertz CT molecular complexity index is 751. The van der Waals surface area contributed by atoms with E-state index >= 15 is 0 Å². The van der Waals surface area contributed by atoms with Crippen molar-refractivity contribution in [1.82, 2.24) is 4.90 Å². The summed E-state index contributed by atoms with van der Waals surface area (Å²) in [5.41, 5.74) is 8.93. The van der Waals surface area contributed by atoms with Gasteiger partial charge in [0, 0.05) is 17.7 Å². The zero-order chi connectivity index (χ0) is 21.3. The van der Waals surface area contributed by atoms with E-state index in [4.69, 9.17) is 0 Å². The maximum absolute atomic E-state index is 4.24. The molecule has 0 aliphatic heterocycles. The third-order valence-corrected chi connectivity index (χ3v) is 5.19. The highest BCUT2D eigenvalue weighted by molar-refractivity contribution is 5.46. The molecule has 0 saturated heterocycles. The van der Waals surface area contributed by atoms with Crippen molar-refractivity contribution in [2.24, 2.45) is 5.92 Å². The van der Waals surface area contributed by atoms with E-state index in [0.29, 0.717) is 5.92 Å². The van der Waals surface area contributed by atoms with E-state index in [1.165, 1.54) is 17.6 Å². The van der Waals surface area contributed by atoms with E-state index in [-0.39, 0.29) is 5.54 Å². The molecule has 1 aromatic carbocycles. The minimum atomic E-state index is -0.0369. The zero-order valence-corrected chi connectivity index (χ0v) is 19.1. The summed E-state index contributed by atoms with van der Waals surface area (Å²) in [5, 5.41) is 0. The molecule has 0 saturated carbocycles. The van der Waals surface area contributed by atoms with Gasteiger partial charge in [0.05, 0.1) is 5.70 Å². The van der Waals surface area contributed by atoms with Crippen molar-refractivity contribution in [3.63, 3.8) is 0 Å². The van der Waals surface area contributed by atoms with Crippen LogP contribution >= 0.6 is 0 Å². The lowest BCUT2D eigenvalue weighted by molar-refractivity contribution is 0.130. The summed E-state index contributed by atoms with van der Waals surface area (Å²) in [6, 6.07) is 10.6. The molecule has 1 nitrogen and oxygen atoms in total. The normalized spacial score (nSPS) is 12.8. The molecule has 0 spiro atoms. The fraction of sp³-hybridized carbons (Fsp3) is 0.444. The SMILES string of the molecule is C=C=C(/C(=C/C=C(C)C)C(=C)C)N(Cc1ccccc1)C(C)(C)CC(C)CC. The van der Waals surface area contributed by atoms with E-state index in [1.807, 2.05) is 0 Å². The van der Waals surface area contributed by atoms with Crippen molar-refractivity contribution in [2.45, 2.75) is 73.4 Å². The van der Waals surface area contributed by atoms with Crippen LogP contribution in [0.4, 0.5) is 0 Å². The van der Waals surface area contributed by atoms with Crippen LogP contribution in [0, 0.1) is 5.92 Å². The average molecular weight is 378 g/mol. The molecule has 0 fully saturated rings. The lowest BCUT2D eigenvalue weighted by Crippen LogP contribution is -2.44. The van der Waals surface area contributed by atoms with E-state index in [0.717, 1.165) is 29.8 Å². The van der Waals surface area contributed by atoms with Gasteiger partial charge in [0.1, 0.15) is 0 Å². The quantitative estimate of drug-likeness (QED) is 0.296. The van der Waals surface area contributed by atoms with Gasteiger partial charge < -0.3 is 4.90 Å². The molecule has 0 aliphatic carbocycles. The minimum Gasteiger partial charge on any atom is -0.355 e. The molecule has 1 atom stereocenters. The lowest BCUT2D eigenvalue weighted by atomic mass is 9.86. The van der Waals surface area contributed by atoms with Gasteiger partial charge >= 0.3 is 0 Å². The summed E-state index contributed by atoms with van der Waals surface area (Å²) in [6.07, 6.45) is 6.58. The molecule has 1 aromatic rings. The zero-order valence-electron chi connectivity index (χ0n) is 19.1. The smallest absolute Gasteiger partial charge is 0.0877 e. The summed E-state index contributed by atoms with van der Waals surface area (Å²) in [6.45, 7) is 24.7. The Morgan fingerprint density at radius 3 is 2.21 bits per heavy atom. The first-order chi connectivity index (χ1) is 13.1. The van der Waals surface area contributed by atoms with Crippen molar-refractivity contribution >= 4 is 0 Å². The van der Waals surface area contributed by atoms with Crippen molar-refractivity contribution in [1.29, 1.82) is 0 Å². The summed E-state index contributed by atoms with van der Waals surface area (Å²) >= 11 is 0. The number of allylic oxidation sites excluding steroid dienone is 4. The van der Waals surface area contributed by atoms with Crippen LogP contribution in [0.15, 0.2) is 83.8 Å². The van der Waals surface area contributed by atoms with Gasteiger partial charge in [-0.1, -0.05) is 81.5 Å². The Kier molecular flexibility index (Phi) is 9.29. The molecule has 1 rings (SSSR count). The minimum absolute atomic E-state index is 0.0369. The van der Waals surface area contributed by atoms with Crippen LogP contribution in [0.3, 0.4) is 0 Å². The number of rotatable bonds is 10. The molecule has 0 aromatic heterocycles. The van der Waals surface area contributed by atoms with Gasteiger partial charge in [0.25, 0.3) is 0 Å². The van der Waals surface area contributed by atoms with E-state index in [9.17, 15) is 0 Å². The van der Waals surface area contributed by atoms with Crippen molar-refractivity contribution < 1.29 is 0 Å². The molecule has 0 bridgehead atoms. The highest BCUT2D eigenvalue weighted by Crippen LogP contribution is 2.34. The van der Waals surface area contributed by atoms with Gasteiger partial charge in [0.15, 0.2) is 0 Å². The fourth-order valence-electron chi connectivity index (χ4n) is 3.48. The van der Waals surface area contributed by atoms with Gasteiger partial charge in [0.2, 0.25) is 0 Å².